The van der Waals surface area contributed by atoms with Crippen LogP contribution in [0, 0.1) is 0 Å². The normalized spacial score (nSPS) is 13.2. The van der Waals surface area contributed by atoms with Gasteiger partial charge < -0.3 is 29.7 Å². The maximum atomic E-state index is 10.6. The molecule has 1 aliphatic rings. The predicted octanol–water partition coefficient (Wildman–Crippen LogP) is 2.83. The van der Waals surface area contributed by atoms with E-state index in [-0.39, 0.29) is 18.3 Å². The van der Waals surface area contributed by atoms with Crippen LogP contribution in [-0.4, -0.2) is 34.1 Å². The molecule has 0 fully saturated rings. The summed E-state index contributed by atoms with van der Waals surface area (Å²) < 4.78 is 15.9. The molecule has 1 aromatic heterocycles. The highest BCUT2D eigenvalue weighted by Gasteiger charge is 2.27. The molecule has 2 heterocycles. The SMILES string of the molecule is COc1cccc(C(Nc2ncccn2)c2cc3c(cc2O)OCO3)c1O. The van der Waals surface area contributed by atoms with Gasteiger partial charge in [0.1, 0.15) is 5.75 Å². The third-order valence-electron chi connectivity index (χ3n) is 4.23. The lowest BCUT2D eigenvalue weighted by molar-refractivity contribution is 0.174. The monoisotopic (exact) mass is 367 g/mol. The standard InChI is InChI=1S/C19H17N3O5/c1-25-14-5-2-4-11(18(14)24)17(22-19-20-6-3-7-21-19)12-8-15-16(9-13(12)23)27-10-26-15/h2-9,17,23-24H,10H2,1H3,(H,20,21,22). The molecule has 27 heavy (non-hydrogen) atoms. The number of hydrogen-bond acceptors (Lipinski definition) is 8. The van der Waals surface area contributed by atoms with Gasteiger partial charge in [-0.1, -0.05) is 12.1 Å². The lowest BCUT2D eigenvalue weighted by Crippen LogP contribution is -2.15. The molecular formula is C19H17N3O5. The topological polar surface area (TPSA) is 106 Å². The van der Waals surface area contributed by atoms with Gasteiger partial charge in [-0.15, -0.1) is 0 Å². The molecule has 0 bridgehead atoms. The van der Waals surface area contributed by atoms with Gasteiger partial charge in [-0.3, -0.25) is 0 Å². The molecule has 0 spiro atoms. The number of nitrogens with zero attached hydrogens (tertiary/aromatic N) is 2. The second-order valence-corrected chi connectivity index (χ2v) is 5.81. The lowest BCUT2D eigenvalue weighted by Gasteiger charge is -2.22. The summed E-state index contributed by atoms with van der Waals surface area (Å²) in [5.74, 6) is 1.54. The van der Waals surface area contributed by atoms with Gasteiger partial charge in [-0.05, 0) is 18.2 Å². The van der Waals surface area contributed by atoms with E-state index in [1.807, 2.05) is 0 Å². The number of aromatic nitrogens is 2. The van der Waals surface area contributed by atoms with Crippen LogP contribution in [0.2, 0.25) is 0 Å². The molecule has 3 aromatic rings. The van der Waals surface area contributed by atoms with Gasteiger partial charge in [0, 0.05) is 29.6 Å². The van der Waals surface area contributed by atoms with E-state index < -0.39 is 6.04 Å². The summed E-state index contributed by atoms with van der Waals surface area (Å²) >= 11 is 0. The fraction of sp³-hybridized carbons (Fsp3) is 0.158. The predicted molar refractivity (Wildman–Crippen MR) is 96.4 cm³/mol. The number of phenols is 2. The maximum Gasteiger partial charge on any atom is 0.231 e. The van der Waals surface area contributed by atoms with Gasteiger partial charge in [-0.2, -0.15) is 0 Å². The summed E-state index contributed by atoms with van der Waals surface area (Å²) in [6, 6.07) is 9.29. The first kappa shape index (κ1) is 16.8. The minimum Gasteiger partial charge on any atom is -0.507 e. The summed E-state index contributed by atoms with van der Waals surface area (Å²) in [4.78, 5) is 8.34. The number of para-hydroxylation sites is 1. The van der Waals surface area contributed by atoms with Crippen LogP contribution in [0.4, 0.5) is 5.95 Å². The van der Waals surface area contributed by atoms with Crippen LogP contribution in [0.5, 0.6) is 28.7 Å². The highest BCUT2D eigenvalue weighted by Crippen LogP contribution is 2.44. The van der Waals surface area contributed by atoms with Crippen LogP contribution in [0.1, 0.15) is 17.2 Å². The molecule has 0 radical (unpaired) electrons. The number of hydrogen-bond donors (Lipinski definition) is 3. The van der Waals surface area contributed by atoms with E-state index in [1.165, 1.54) is 13.2 Å². The molecule has 0 saturated heterocycles. The minimum absolute atomic E-state index is 0.0186. The average Bonchev–Trinajstić information content (AvgIpc) is 3.14. The Hall–Kier alpha value is -3.68. The van der Waals surface area contributed by atoms with E-state index in [1.54, 1.807) is 42.7 Å². The van der Waals surface area contributed by atoms with Crippen LogP contribution in [0.15, 0.2) is 48.8 Å². The number of nitrogens with one attached hydrogen (secondary N) is 1. The highest BCUT2D eigenvalue weighted by atomic mass is 16.7. The first-order valence-electron chi connectivity index (χ1n) is 8.19. The van der Waals surface area contributed by atoms with Gasteiger partial charge in [0.15, 0.2) is 23.0 Å². The van der Waals surface area contributed by atoms with Gasteiger partial charge >= 0.3 is 0 Å². The second kappa shape index (κ2) is 6.91. The summed E-state index contributed by atoms with van der Waals surface area (Å²) in [5.41, 5.74) is 0.950. The number of fused-ring (bicyclic) bond motifs is 1. The van der Waals surface area contributed by atoms with Crippen molar-refractivity contribution in [2.75, 3.05) is 19.2 Å². The van der Waals surface area contributed by atoms with Crippen molar-refractivity contribution in [3.63, 3.8) is 0 Å². The van der Waals surface area contributed by atoms with Crippen molar-refractivity contribution in [1.29, 1.82) is 0 Å². The maximum absolute atomic E-state index is 10.6. The van der Waals surface area contributed by atoms with E-state index in [0.29, 0.717) is 34.3 Å². The summed E-state index contributed by atoms with van der Waals surface area (Å²) in [7, 11) is 1.47. The van der Waals surface area contributed by atoms with E-state index >= 15 is 0 Å². The number of benzene rings is 2. The van der Waals surface area contributed by atoms with Crippen molar-refractivity contribution >= 4 is 5.95 Å². The molecule has 8 heteroatoms. The second-order valence-electron chi connectivity index (χ2n) is 5.81. The molecular weight excluding hydrogens is 350 g/mol. The van der Waals surface area contributed by atoms with Crippen LogP contribution in [-0.2, 0) is 0 Å². The van der Waals surface area contributed by atoms with Gasteiger partial charge in [0.05, 0.1) is 13.2 Å². The van der Waals surface area contributed by atoms with Crippen molar-refractivity contribution in [2.24, 2.45) is 0 Å². The average molecular weight is 367 g/mol. The molecule has 4 rings (SSSR count). The number of ether oxygens (including phenoxy) is 3. The van der Waals surface area contributed by atoms with Crippen LogP contribution in [0.3, 0.4) is 0 Å². The van der Waals surface area contributed by atoms with Crippen molar-refractivity contribution in [2.45, 2.75) is 6.04 Å². The molecule has 0 amide bonds. The Kier molecular flexibility index (Phi) is 4.29. The number of phenolic OH excluding ortho intramolecular Hbond substituents is 2. The largest absolute Gasteiger partial charge is 0.507 e. The van der Waals surface area contributed by atoms with E-state index in [9.17, 15) is 10.2 Å². The Bertz CT molecular complexity index is 965. The molecule has 1 unspecified atom stereocenters. The molecule has 1 aliphatic heterocycles. The number of anilines is 1. The zero-order valence-corrected chi connectivity index (χ0v) is 14.4. The van der Waals surface area contributed by atoms with Gasteiger partial charge in [0.25, 0.3) is 0 Å². The smallest absolute Gasteiger partial charge is 0.231 e. The van der Waals surface area contributed by atoms with Crippen molar-refractivity contribution in [1.82, 2.24) is 9.97 Å². The van der Waals surface area contributed by atoms with Gasteiger partial charge in [0.2, 0.25) is 12.7 Å². The summed E-state index contributed by atoms with van der Waals surface area (Å²) in [6.45, 7) is 0.0858. The lowest BCUT2D eigenvalue weighted by atomic mass is 9.96. The Balaban J connectivity index is 1.84. The van der Waals surface area contributed by atoms with Crippen molar-refractivity contribution in [3.05, 3.63) is 59.9 Å². The van der Waals surface area contributed by atoms with E-state index in [0.717, 1.165) is 0 Å². The van der Waals surface area contributed by atoms with Crippen molar-refractivity contribution < 1.29 is 24.4 Å². The van der Waals surface area contributed by atoms with Crippen LogP contribution < -0.4 is 19.5 Å². The molecule has 3 N–H and O–H groups in total. The van der Waals surface area contributed by atoms with Crippen LogP contribution >= 0.6 is 0 Å². The molecule has 0 saturated carbocycles. The van der Waals surface area contributed by atoms with E-state index in [2.05, 4.69) is 15.3 Å². The zero-order valence-electron chi connectivity index (χ0n) is 14.4. The third-order valence-corrected chi connectivity index (χ3v) is 4.23. The van der Waals surface area contributed by atoms with E-state index in [4.69, 9.17) is 14.2 Å². The highest BCUT2D eigenvalue weighted by molar-refractivity contribution is 5.59. The Morgan fingerprint density at radius 1 is 1.04 bits per heavy atom. The number of rotatable bonds is 5. The number of methoxy groups -OCH3 is 1. The van der Waals surface area contributed by atoms with Gasteiger partial charge in [-0.25, -0.2) is 9.97 Å². The molecule has 138 valence electrons. The molecule has 8 nitrogen and oxygen atoms in total. The Morgan fingerprint density at radius 3 is 2.52 bits per heavy atom. The number of aromatic hydroxyl groups is 2. The first-order valence-corrected chi connectivity index (χ1v) is 8.19. The Labute approximate surface area is 155 Å². The summed E-state index contributed by atoms with van der Waals surface area (Å²) in [6.07, 6.45) is 3.19. The molecule has 1 atom stereocenters. The first-order chi connectivity index (χ1) is 13.2. The van der Waals surface area contributed by atoms with Crippen LogP contribution in [0.25, 0.3) is 0 Å². The molecule has 2 aromatic carbocycles. The summed E-state index contributed by atoms with van der Waals surface area (Å²) in [5, 5.41) is 24.4. The third kappa shape index (κ3) is 3.12. The molecule has 0 aliphatic carbocycles. The fourth-order valence-electron chi connectivity index (χ4n) is 2.94. The van der Waals surface area contributed by atoms with Crippen molar-refractivity contribution in [3.8, 4) is 28.7 Å². The fourth-order valence-corrected chi connectivity index (χ4v) is 2.94. The zero-order chi connectivity index (χ0) is 18.8. The quantitative estimate of drug-likeness (QED) is 0.632. The minimum atomic E-state index is -0.669. The Morgan fingerprint density at radius 2 is 1.78 bits per heavy atom.